The highest BCUT2D eigenvalue weighted by molar-refractivity contribution is 7.90. The van der Waals surface area contributed by atoms with Gasteiger partial charge in [-0.05, 0) is 37.0 Å². The van der Waals surface area contributed by atoms with Crippen LogP contribution in [-0.2, 0) is 16.3 Å². The minimum atomic E-state index is -2.99. The summed E-state index contributed by atoms with van der Waals surface area (Å²) in [5, 5.41) is 3.36. The third-order valence-electron chi connectivity index (χ3n) is 3.76. The van der Waals surface area contributed by atoms with Gasteiger partial charge in [0, 0.05) is 24.4 Å². The quantitative estimate of drug-likeness (QED) is 0.888. The summed E-state index contributed by atoms with van der Waals surface area (Å²) in [5.74, 6) is 1.35. The van der Waals surface area contributed by atoms with Gasteiger partial charge in [-0.15, -0.1) is 0 Å². The summed E-state index contributed by atoms with van der Waals surface area (Å²) >= 11 is 0. The van der Waals surface area contributed by atoms with Crippen molar-refractivity contribution in [2.24, 2.45) is 5.92 Å². The number of rotatable bonds is 6. The maximum absolute atomic E-state index is 11.6. The zero-order valence-electron chi connectivity index (χ0n) is 12.3. The topological polar surface area (TPSA) is 72.2 Å². The van der Waals surface area contributed by atoms with Crippen molar-refractivity contribution in [1.82, 2.24) is 4.98 Å². The van der Waals surface area contributed by atoms with E-state index >= 15 is 0 Å². The number of benzene rings is 1. The summed E-state index contributed by atoms with van der Waals surface area (Å²) in [5.41, 5.74) is 2.48. The van der Waals surface area contributed by atoms with Gasteiger partial charge in [-0.2, -0.15) is 0 Å². The highest BCUT2D eigenvalue weighted by atomic mass is 32.2. The Kier molecular flexibility index (Phi) is 3.65. The van der Waals surface area contributed by atoms with E-state index < -0.39 is 9.84 Å². The highest BCUT2D eigenvalue weighted by Crippen LogP contribution is 2.35. The molecule has 1 aliphatic rings. The molecule has 1 N–H and O–H groups in total. The SMILES string of the molecule is CCc1nc2cc(NC(CS(C)(=O)=O)C3CC3)ccc2o1. The molecule has 1 heterocycles. The lowest BCUT2D eigenvalue weighted by atomic mass is 10.2. The molecular weight excluding hydrogens is 288 g/mol. The van der Waals surface area contributed by atoms with E-state index in [2.05, 4.69) is 10.3 Å². The Labute approximate surface area is 124 Å². The number of hydrogen-bond acceptors (Lipinski definition) is 5. The van der Waals surface area contributed by atoms with Gasteiger partial charge in [-0.1, -0.05) is 6.92 Å². The summed E-state index contributed by atoms with van der Waals surface area (Å²) in [7, 11) is -2.99. The average molecular weight is 308 g/mol. The Morgan fingerprint density at radius 1 is 1.43 bits per heavy atom. The molecule has 0 aliphatic heterocycles. The second-order valence-corrected chi connectivity index (χ2v) is 8.01. The number of nitrogens with zero attached hydrogens (tertiary/aromatic N) is 1. The molecule has 21 heavy (non-hydrogen) atoms. The molecule has 1 fully saturated rings. The minimum absolute atomic E-state index is 0.0185. The number of aromatic nitrogens is 1. The molecule has 1 aromatic heterocycles. The first-order valence-corrected chi connectivity index (χ1v) is 9.34. The summed E-state index contributed by atoms with van der Waals surface area (Å²) in [6.45, 7) is 2.00. The first-order valence-electron chi connectivity index (χ1n) is 7.28. The lowest BCUT2D eigenvalue weighted by Gasteiger charge is -2.18. The van der Waals surface area contributed by atoms with E-state index in [1.165, 1.54) is 6.26 Å². The first kappa shape index (κ1) is 14.4. The average Bonchev–Trinajstić information content (AvgIpc) is 3.16. The van der Waals surface area contributed by atoms with Crippen LogP contribution in [0, 0.1) is 5.92 Å². The zero-order valence-corrected chi connectivity index (χ0v) is 13.1. The van der Waals surface area contributed by atoms with Gasteiger partial charge < -0.3 is 9.73 Å². The van der Waals surface area contributed by atoms with E-state index in [-0.39, 0.29) is 11.8 Å². The summed E-state index contributed by atoms with van der Waals surface area (Å²) in [6, 6.07) is 5.71. The van der Waals surface area contributed by atoms with Crippen molar-refractivity contribution < 1.29 is 12.8 Å². The van der Waals surface area contributed by atoms with Crippen LogP contribution >= 0.6 is 0 Å². The van der Waals surface area contributed by atoms with Gasteiger partial charge in [0.05, 0.1) is 5.75 Å². The predicted octanol–water partition coefficient (Wildman–Crippen LogP) is 2.63. The molecule has 1 saturated carbocycles. The molecule has 6 heteroatoms. The van der Waals surface area contributed by atoms with E-state index in [9.17, 15) is 8.42 Å². The van der Waals surface area contributed by atoms with Gasteiger partial charge in [0.15, 0.2) is 11.5 Å². The third-order valence-corrected chi connectivity index (χ3v) is 4.72. The van der Waals surface area contributed by atoms with Crippen molar-refractivity contribution >= 4 is 26.6 Å². The van der Waals surface area contributed by atoms with Crippen LogP contribution in [-0.4, -0.2) is 31.5 Å². The number of aryl methyl sites for hydroxylation is 1. The number of fused-ring (bicyclic) bond motifs is 1. The molecule has 0 radical (unpaired) electrons. The fraction of sp³-hybridized carbons (Fsp3) is 0.533. The van der Waals surface area contributed by atoms with E-state index in [1.54, 1.807) is 0 Å². The van der Waals surface area contributed by atoms with Gasteiger partial charge in [0.25, 0.3) is 0 Å². The monoisotopic (exact) mass is 308 g/mol. The maximum atomic E-state index is 11.6. The molecule has 1 aliphatic carbocycles. The Morgan fingerprint density at radius 3 is 2.81 bits per heavy atom. The molecule has 114 valence electrons. The van der Waals surface area contributed by atoms with Gasteiger partial charge in [-0.25, -0.2) is 13.4 Å². The Hall–Kier alpha value is -1.56. The summed E-state index contributed by atoms with van der Waals surface area (Å²) in [6.07, 6.45) is 4.24. The van der Waals surface area contributed by atoms with Crippen molar-refractivity contribution in [2.75, 3.05) is 17.3 Å². The standard InChI is InChI=1S/C15H20N2O3S/c1-3-15-17-12-8-11(6-7-14(12)20-15)16-13(10-4-5-10)9-21(2,18)19/h6-8,10,13,16H,3-5,9H2,1-2H3. The molecule has 0 amide bonds. The lowest BCUT2D eigenvalue weighted by molar-refractivity contribution is 0.538. The van der Waals surface area contributed by atoms with Crippen LogP contribution in [0.15, 0.2) is 22.6 Å². The largest absolute Gasteiger partial charge is 0.441 e. The van der Waals surface area contributed by atoms with Gasteiger partial charge in [-0.3, -0.25) is 0 Å². The first-order chi connectivity index (χ1) is 9.94. The number of hydrogen-bond donors (Lipinski definition) is 1. The number of sulfone groups is 1. The number of oxazole rings is 1. The van der Waals surface area contributed by atoms with Crippen molar-refractivity contribution in [3.05, 3.63) is 24.1 Å². The van der Waals surface area contributed by atoms with Crippen LogP contribution in [0.25, 0.3) is 11.1 Å². The van der Waals surface area contributed by atoms with E-state index in [1.807, 2.05) is 25.1 Å². The van der Waals surface area contributed by atoms with Crippen molar-refractivity contribution in [1.29, 1.82) is 0 Å². The zero-order chi connectivity index (χ0) is 15.0. The van der Waals surface area contributed by atoms with Crippen molar-refractivity contribution in [2.45, 2.75) is 32.2 Å². The molecule has 1 aromatic carbocycles. The molecule has 0 spiro atoms. The van der Waals surface area contributed by atoms with Gasteiger partial charge in [0.1, 0.15) is 15.4 Å². The third kappa shape index (κ3) is 3.56. The van der Waals surface area contributed by atoms with Crippen LogP contribution in [0.2, 0.25) is 0 Å². The van der Waals surface area contributed by atoms with Crippen molar-refractivity contribution in [3.8, 4) is 0 Å². The Bertz CT molecular complexity index is 747. The molecule has 1 unspecified atom stereocenters. The highest BCUT2D eigenvalue weighted by Gasteiger charge is 2.33. The van der Waals surface area contributed by atoms with Crippen LogP contribution in [0.3, 0.4) is 0 Å². The molecule has 0 saturated heterocycles. The molecule has 1 atom stereocenters. The second kappa shape index (κ2) is 5.33. The fourth-order valence-corrected chi connectivity index (χ4v) is 3.56. The van der Waals surface area contributed by atoms with Crippen LogP contribution in [0.5, 0.6) is 0 Å². The Morgan fingerprint density at radius 2 is 2.19 bits per heavy atom. The number of nitrogens with one attached hydrogen (secondary N) is 1. The molecular formula is C15H20N2O3S. The van der Waals surface area contributed by atoms with Gasteiger partial charge >= 0.3 is 0 Å². The van der Waals surface area contributed by atoms with Crippen LogP contribution in [0.1, 0.15) is 25.7 Å². The maximum Gasteiger partial charge on any atom is 0.195 e. The minimum Gasteiger partial charge on any atom is -0.441 e. The van der Waals surface area contributed by atoms with E-state index in [4.69, 9.17) is 4.42 Å². The van der Waals surface area contributed by atoms with Crippen LogP contribution < -0.4 is 5.32 Å². The van der Waals surface area contributed by atoms with Gasteiger partial charge in [0.2, 0.25) is 0 Å². The molecule has 3 rings (SSSR count). The lowest BCUT2D eigenvalue weighted by Crippen LogP contribution is -2.30. The normalized spacial score (nSPS) is 17.0. The van der Waals surface area contributed by atoms with E-state index in [0.29, 0.717) is 5.92 Å². The van der Waals surface area contributed by atoms with Crippen molar-refractivity contribution in [3.63, 3.8) is 0 Å². The molecule has 0 bridgehead atoms. The Balaban J connectivity index is 1.81. The van der Waals surface area contributed by atoms with Crippen LogP contribution in [0.4, 0.5) is 5.69 Å². The van der Waals surface area contributed by atoms with E-state index in [0.717, 1.165) is 41.9 Å². The molecule has 2 aromatic rings. The number of anilines is 1. The molecule has 5 nitrogen and oxygen atoms in total. The smallest absolute Gasteiger partial charge is 0.195 e. The fourth-order valence-electron chi connectivity index (χ4n) is 2.55. The summed E-state index contributed by atoms with van der Waals surface area (Å²) in [4.78, 5) is 4.41. The predicted molar refractivity (Wildman–Crippen MR) is 83.2 cm³/mol. The second-order valence-electron chi connectivity index (χ2n) is 5.82. The summed E-state index contributed by atoms with van der Waals surface area (Å²) < 4.78 is 28.7.